The van der Waals surface area contributed by atoms with Crippen molar-refractivity contribution in [2.75, 3.05) is 13.2 Å². The van der Waals surface area contributed by atoms with Gasteiger partial charge in [0.1, 0.15) is 5.41 Å². The van der Waals surface area contributed by atoms with Crippen LogP contribution in [0.1, 0.15) is 46.0 Å². The Morgan fingerprint density at radius 2 is 2.00 bits per heavy atom. The molecule has 2 rings (SSSR count). The van der Waals surface area contributed by atoms with Gasteiger partial charge in [-0.3, -0.25) is 4.79 Å². The van der Waals surface area contributed by atoms with Crippen molar-refractivity contribution in [1.29, 1.82) is 0 Å². The van der Waals surface area contributed by atoms with Crippen molar-refractivity contribution in [3.05, 3.63) is 0 Å². The van der Waals surface area contributed by atoms with Gasteiger partial charge >= 0.3 is 0 Å². The summed E-state index contributed by atoms with van der Waals surface area (Å²) in [5, 5.41) is 15.3. The fraction of sp³-hybridized carbons (Fsp3) is 0.867. The molecule has 0 bridgehead atoms. The van der Waals surface area contributed by atoms with E-state index < -0.39 is 5.41 Å². The van der Waals surface area contributed by atoms with Gasteiger partial charge in [-0.15, -0.1) is 0 Å². The van der Waals surface area contributed by atoms with Crippen LogP contribution in [-0.2, 0) is 9.53 Å². The van der Waals surface area contributed by atoms with Gasteiger partial charge in [-0.2, -0.15) is 0 Å². The van der Waals surface area contributed by atoms with Crippen molar-refractivity contribution in [2.24, 2.45) is 28.1 Å². The van der Waals surface area contributed by atoms with Crippen LogP contribution >= 0.6 is 0 Å². The van der Waals surface area contributed by atoms with E-state index in [1.54, 1.807) is 0 Å². The van der Waals surface area contributed by atoms with E-state index in [2.05, 4.69) is 24.3 Å². The van der Waals surface area contributed by atoms with Crippen LogP contribution in [0.15, 0.2) is 5.16 Å². The molecule has 4 N–H and O–H groups in total. The minimum Gasteiger partial charge on any atom is -0.409 e. The first-order valence-corrected chi connectivity index (χ1v) is 7.88. The van der Waals surface area contributed by atoms with Crippen molar-refractivity contribution in [3.63, 3.8) is 0 Å². The van der Waals surface area contributed by atoms with Gasteiger partial charge in [0.05, 0.1) is 0 Å². The number of carbonyl (C=O) groups is 1. The molecular weight excluding hydrogens is 270 g/mol. The highest BCUT2D eigenvalue weighted by Gasteiger charge is 2.45. The third-order valence-electron chi connectivity index (χ3n) is 5.40. The van der Waals surface area contributed by atoms with Crippen molar-refractivity contribution in [2.45, 2.75) is 52.0 Å². The summed E-state index contributed by atoms with van der Waals surface area (Å²) in [5.74, 6) is 0.942. The highest BCUT2D eigenvalue weighted by atomic mass is 16.5. The summed E-state index contributed by atoms with van der Waals surface area (Å²) in [7, 11) is 0. The van der Waals surface area contributed by atoms with Crippen LogP contribution in [0.5, 0.6) is 0 Å². The van der Waals surface area contributed by atoms with E-state index in [-0.39, 0.29) is 17.8 Å². The molecule has 1 saturated carbocycles. The van der Waals surface area contributed by atoms with Crippen LogP contribution in [0.4, 0.5) is 0 Å². The zero-order valence-electron chi connectivity index (χ0n) is 13.0. The summed E-state index contributed by atoms with van der Waals surface area (Å²) in [5.41, 5.74) is 4.91. The van der Waals surface area contributed by atoms with Crippen molar-refractivity contribution in [1.82, 2.24) is 5.32 Å². The van der Waals surface area contributed by atoms with E-state index in [0.29, 0.717) is 37.9 Å². The van der Waals surface area contributed by atoms with Gasteiger partial charge in [-0.05, 0) is 31.1 Å². The Morgan fingerprint density at radius 3 is 2.62 bits per heavy atom. The molecule has 6 nitrogen and oxygen atoms in total. The first-order chi connectivity index (χ1) is 10.0. The molecule has 6 heteroatoms. The second-order valence-corrected chi connectivity index (χ2v) is 6.53. The second kappa shape index (κ2) is 6.64. The molecule has 3 unspecified atom stereocenters. The smallest absolute Gasteiger partial charge is 0.234 e. The number of nitrogens with two attached hydrogens (primary N) is 1. The van der Waals surface area contributed by atoms with Crippen LogP contribution in [0, 0.1) is 17.3 Å². The van der Waals surface area contributed by atoms with Crippen LogP contribution < -0.4 is 11.1 Å². The van der Waals surface area contributed by atoms with Gasteiger partial charge in [0.25, 0.3) is 0 Å². The number of nitrogens with zero attached hydrogens (tertiary/aromatic N) is 1. The van der Waals surface area contributed by atoms with Crippen LogP contribution in [-0.4, -0.2) is 36.2 Å². The van der Waals surface area contributed by atoms with Crippen LogP contribution in [0.25, 0.3) is 0 Å². The maximum atomic E-state index is 12.8. The molecule has 1 aliphatic carbocycles. The highest BCUT2D eigenvalue weighted by molar-refractivity contribution is 6.06. The molecule has 0 radical (unpaired) electrons. The molecule has 0 aromatic heterocycles. The monoisotopic (exact) mass is 297 g/mol. The average molecular weight is 297 g/mol. The lowest BCUT2D eigenvalue weighted by molar-refractivity contribution is -0.133. The van der Waals surface area contributed by atoms with Gasteiger partial charge in [0, 0.05) is 19.3 Å². The summed E-state index contributed by atoms with van der Waals surface area (Å²) in [4.78, 5) is 12.8. The molecule has 3 atom stereocenters. The SMILES string of the molecule is CC1CCCC(NC(=O)C2(C(N)=NO)CCOCC2)C1C. The summed E-state index contributed by atoms with van der Waals surface area (Å²) >= 11 is 0. The Labute approximate surface area is 126 Å². The lowest BCUT2D eigenvalue weighted by Crippen LogP contribution is -2.56. The van der Waals surface area contributed by atoms with E-state index in [1.807, 2.05) is 0 Å². The van der Waals surface area contributed by atoms with E-state index in [9.17, 15) is 4.79 Å². The molecule has 1 aliphatic heterocycles. The van der Waals surface area contributed by atoms with Gasteiger partial charge in [-0.25, -0.2) is 0 Å². The van der Waals surface area contributed by atoms with E-state index in [0.717, 1.165) is 12.8 Å². The zero-order valence-corrected chi connectivity index (χ0v) is 13.0. The normalized spacial score (nSPS) is 33.4. The van der Waals surface area contributed by atoms with Crippen molar-refractivity contribution < 1.29 is 14.7 Å². The largest absolute Gasteiger partial charge is 0.409 e. The number of rotatable bonds is 3. The number of ether oxygens (including phenoxy) is 1. The quantitative estimate of drug-likeness (QED) is 0.318. The Kier molecular flexibility index (Phi) is 5.08. The third kappa shape index (κ3) is 3.15. The van der Waals surface area contributed by atoms with Crippen LogP contribution in [0.3, 0.4) is 0 Å². The lowest BCUT2D eigenvalue weighted by Gasteiger charge is -2.39. The average Bonchev–Trinajstić information content (AvgIpc) is 2.51. The Hall–Kier alpha value is -1.30. The maximum absolute atomic E-state index is 12.8. The molecule has 21 heavy (non-hydrogen) atoms. The summed E-state index contributed by atoms with van der Waals surface area (Å²) in [6, 6.07) is 0.174. The summed E-state index contributed by atoms with van der Waals surface area (Å²) < 4.78 is 5.33. The van der Waals surface area contributed by atoms with Gasteiger partial charge in [0.2, 0.25) is 5.91 Å². The first kappa shape index (κ1) is 16.1. The predicted octanol–water partition coefficient (Wildman–Crippen LogP) is 1.47. The van der Waals surface area contributed by atoms with Gasteiger partial charge in [-0.1, -0.05) is 31.8 Å². The Bertz CT molecular complexity index is 405. The highest BCUT2D eigenvalue weighted by Crippen LogP contribution is 2.34. The molecule has 120 valence electrons. The number of amides is 1. The minimum absolute atomic E-state index is 0.000175. The van der Waals surface area contributed by atoms with E-state index in [4.69, 9.17) is 15.7 Å². The number of nitrogens with one attached hydrogen (secondary N) is 1. The van der Waals surface area contributed by atoms with Gasteiger partial charge < -0.3 is 21.0 Å². The fourth-order valence-electron chi connectivity index (χ4n) is 3.51. The molecular formula is C15H27N3O3. The van der Waals surface area contributed by atoms with Gasteiger partial charge in [0.15, 0.2) is 5.84 Å². The predicted molar refractivity (Wildman–Crippen MR) is 80.0 cm³/mol. The van der Waals surface area contributed by atoms with E-state index in [1.165, 1.54) is 6.42 Å². The standard InChI is InChI=1S/C15H27N3O3/c1-10-4-3-5-12(11(10)2)17-14(19)15(13(16)18-20)6-8-21-9-7-15/h10-12,20H,3-9H2,1-2H3,(H2,16,18)(H,17,19). The minimum atomic E-state index is -0.923. The lowest BCUT2D eigenvalue weighted by atomic mass is 9.75. The van der Waals surface area contributed by atoms with Crippen molar-refractivity contribution >= 4 is 11.7 Å². The van der Waals surface area contributed by atoms with Crippen LogP contribution in [0.2, 0.25) is 0 Å². The topological polar surface area (TPSA) is 96.9 Å². The zero-order chi connectivity index (χ0) is 15.5. The Balaban J connectivity index is 2.12. The molecule has 1 saturated heterocycles. The molecule has 0 spiro atoms. The molecule has 1 heterocycles. The number of carbonyl (C=O) groups excluding carboxylic acids is 1. The molecule has 2 aliphatic rings. The fourth-order valence-corrected chi connectivity index (χ4v) is 3.51. The number of oxime groups is 1. The number of hydrogen-bond acceptors (Lipinski definition) is 4. The summed E-state index contributed by atoms with van der Waals surface area (Å²) in [6.45, 7) is 5.34. The molecule has 0 aromatic rings. The van der Waals surface area contributed by atoms with E-state index >= 15 is 0 Å². The molecule has 1 amide bonds. The maximum Gasteiger partial charge on any atom is 0.234 e. The van der Waals surface area contributed by atoms with Crippen molar-refractivity contribution in [3.8, 4) is 0 Å². The Morgan fingerprint density at radius 1 is 1.33 bits per heavy atom. The molecule has 2 fully saturated rings. The molecule has 0 aromatic carbocycles. The number of hydrogen-bond donors (Lipinski definition) is 3. The number of amidine groups is 1. The second-order valence-electron chi connectivity index (χ2n) is 6.53. The third-order valence-corrected chi connectivity index (χ3v) is 5.40. The first-order valence-electron chi connectivity index (χ1n) is 7.88. The summed E-state index contributed by atoms with van der Waals surface area (Å²) in [6.07, 6.45) is 4.28.